The van der Waals surface area contributed by atoms with Crippen molar-refractivity contribution in [3.05, 3.63) is 0 Å². The highest BCUT2D eigenvalue weighted by molar-refractivity contribution is 7.92. The van der Waals surface area contributed by atoms with Crippen LogP contribution in [0.15, 0.2) is 0 Å². The molecular weight excluding hydrogens is 1580 g/mol. The van der Waals surface area contributed by atoms with Crippen LogP contribution in [-0.4, -0.2) is 177 Å². The largest absolute Gasteiger partial charge is 0.363 e. The SMILES string of the molecule is CC(C)(C)CC(=O)C[C@H](C(=O)N1C[C@H]2[C@@H]([C@H]1C(=O)C[C@@H](CC1CCC1)C(=O)C(N)=O)C2(C)C)C(C)(C)C.CC(C)(C)CC(=O)C[C@H](C(=O)N1C[C@H]2[C@@H]([C@H]1C(=O)C[C@H](CC1CCC1)C(=O)C(N)=O)C2(C)C)C(C)(C)C.CCCC[C@@H](CC(=O)[C@@H]1[C@@H]2[C@H](CN1C(=O)[C@@H](NC(=O)NC1(CS(=O)(=O)C(C)(C)C)CCCCC1)C(C)(C)C)C2(C)C)C(=O)C(=O)NC1CC1. The predicted octanol–water partition coefficient (Wildman–Crippen LogP) is 13.4. The normalized spacial score (nSPS) is 26.3. The Morgan fingerprint density at radius 1 is 0.447 bits per heavy atom. The second-order valence-corrected chi connectivity index (χ2v) is 50.7. The maximum atomic E-state index is 14.5. The summed E-state index contributed by atoms with van der Waals surface area (Å²) in [5.74, 6) is -7.84. The molecule has 7 aliphatic carbocycles. The Morgan fingerprint density at radius 3 is 1.11 bits per heavy atom. The second kappa shape index (κ2) is 38.0. The number of rotatable bonds is 36. The molecule has 694 valence electrons. The summed E-state index contributed by atoms with van der Waals surface area (Å²) < 4.78 is 25.6. The molecule has 0 unspecified atom stereocenters. The minimum Gasteiger partial charge on any atom is -0.363 e. The van der Waals surface area contributed by atoms with Gasteiger partial charge in [0.05, 0.1) is 34.2 Å². The number of carbonyl (C=O) groups excluding carboxylic acids is 15. The summed E-state index contributed by atoms with van der Waals surface area (Å²) in [7, 11) is -3.55. The van der Waals surface area contributed by atoms with E-state index in [2.05, 4.69) is 57.5 Å². The molecule has 8 amide bonds. The topological polar surface area (TPSA) is 388 Å². The van der Waals surface area contributed by atoms with E-state index in [0.29, 0.717) is 82.8 Å². The fourth-order valence-corrected chi connectivity index (χ4v) is 23.0. The highest BCUT2D eigenvalue weighted by Gasteiger charge is 2.72. The van der Waals surface area contributed by atoms with E-state index in [4.69, 9.17) is 11.5 Å². The molecule has 15 atom stereocenters. The first-order chi connectivity index (χ1) is 56.2. The van der Waals surface area contributed by atoms with E-state index in [1.165, 1.54) is 0 Å². The van der Waals surface area contributed by atoms with Crippen molar-refractivity contribution in [1.82, 2.24) is 30.7 Å². The number of urea groups is 1. The fourth-order valence-electron chi connectivity index (χ4n) is 21.5. The first-order valence-electron chi connectivity index (χ1n) is 46.6. The smallest absolute Gasteiger partial charge is 0.315 e. The minimum absolute atomic E-state index is 0.0304. The number of hydrogen-bond donors (Lipinski definition) is 5. The van der Waals surface area contributed by atoms with Gasteiger partial charge in [-0.25, -0.2) is 13.2 Å². The van der Waals surface area contributed by atoms with Crippen LogP contribution >= 0.6 is 0 Å². The van der Waals surface area contributed by atoms with Gasteiger partial charge in [-0.05, 0) is 156 Å². The van der Waals surface area contributed by atoms with Crippen LogP contribution in [0.4, 0.5) is 4.79 Å². The number of carbonyl (C=O) groups is 15. The van der Waals surface area contributed by atoms with E-state index in [1.54, 1.807) is 35.5 Å². The van der Waals surface area contributed by atoms with E-state index in [0.717, 1.165) is 77.0 Å². The zero-order valence-corrected chi connectivity index (χ0v) is 80.6. The van der Waals surface area contributed by atoms with Crippen molar-refractivity contribution in [3.8, 4) is 0 Å². The zero-order valence-electron chi connectivity index (χ0n) is 79.7. The number of fused-ring (bicyclic) bond motifs is 3. The number of amides is 8. The van der Waals surface area contributed by atoms with Crippen LogP contribution in [0.2, 0.25) is 0 Å². The Morgan fingerprint density at radius 2 is 0.805 bits per heavy atom. The number of primary amides is 2. The Balaban J connectivity index is 0.000000233. The Labute approximate surface area is 735 Å². The van der Waals surface area contributed by atoms with Crippen molar-refractivity contribution in [2.45, 2.75) is 374 Å². The molecular formula is C97H158N8O17S. The average Bonchev–Trinajstić information content (AvgIpc) is 1.53. The second-order valence-electron chi connectivity index (χ2n) is 48.0. The third-order valence-corrected chi connectivity index (χ3v) is 32.9. The van der Waals surface area contributed by atoms with Gasteiger partial charge in [0.25, 0.3) is 17.7 Å². The van der Waals surface area contributed by atoms with Gasteiger partial charge in [0.15, 0.2) is 27.2 Å². The maximum absolute atomic E-state index is 14.5. The first-order valence-corrected chi connectivity index (χ1v) is 48.2. The molecule has 3 saturated heterocycles. The molecule has 7 saturated carbocycles. The van der Waals surface area contributed by atoms with E-state index in [9.17, 15) is 80.3 Å². The molecule has 0 radical (unpaired) electrons. The average molecular weight is 1740 g/mol. The lowest BCUT2D eigenvalue weighted by molar-refractivity contribution is -0.148. The highest BCUT2D eigenvalue weighted by Crippen LogP contribution is 2.68. The van der Waals surface area contributed by atoms with Crippen LogP contribution in [0.3, 0.4) is 0 Å². The maximum Gasteiger partial charge on any atom is 0.315 e. The van der Waals surface area contributed by atoms with Gasteiger partial charge < -0.3 is 42.1 Å². The Kier molecular flexibility index (Phi) is 31.4. The molecule has 3 aliphatic heterocycles. The number of ketones is 8. The number of Topliss-reactive ketones (excluding diaryl/α,β-unsaturated/α-hetero) is 8. The van der Waals surface area contributed by atoms with Crippen LogP contribution in [0.5, 0.6) is 0 Å². The number of hydrogen-bond acceptors (Lipinski definition) is 17. The third kappa shape index (κ3) is 24.8. The molecule has 123 heavy (non-hydrogen) atoms. The third-order valence-electron chi connectivity index (χ3n) is 30.1. The number of unbranched alkanes of at least 4 members (excludes halogenated alkanes) is 1. The molecule has 0 spiro atoms. The van der Waals surface area contributed by atoms with Crippen LogP contribution in [0.25, 0.3) is 0 Å². The number of likely N-dealkylation sites (tertiary alicyclic amines) is 3. The van der Waals surface area contributed by atoms with E-state index in [1.807, 2.05) is 111 Å². The standard InChI is InChI=1S/C37H62N4O7S.2C30H48N2O5/c1-10-11-15-23(29(43)31(44)38-24-16-17-24)20-26(42)28-27-25(36(27,8)9)21-41(28)32(45)30(34(2,3)4)39-33(46)40-37(18-13-12-14-19-37)22-49(47,48)35(5,6)7;2*1-28(2,3)15-19(33)14-20(29(4,5)6)27(37)32-16-21-23(30(21,7)8)24(32)22(34)13-18(25(35)26(31)36)12-17-10-9-11-17/h23-25,27-28,30H,10-22H2,1-9H3,(H,38,44)(H2,39,40,46);2*17-18,20-21,23-24H,9-16H2,1-8H3,(H2,31,36)/t23-,25-,27-,28+,30+;18-,20+,21-,23-,24+;18-,20-,21+,23+,24-/m001/s1. The van der Waals surface area contributed by atoms with Gasteiger partial charge in [0, 0.05) is 100 Å². The van der Waals surface area contributed by atoms with Gasteiger partial charge in [0.1, 0.15) is 17.6 Å². The lowest BCUT2D eigenvalue weighted by atomic mass is 9.74. The zero-order chi connectivity index (χ0) is 92.9. The molecule has 3 heterocycles. The fraction of sp³-hybridized carbons (Fsp3) is 0.845. The summed E-state index contributed by atoms with van der Waals surface area (Å²) in [5.41, 5.74) is 7.49. The number of nitrogens with one attached hydrogen (secondary N) is 3. The molecule has 10 rings (SSSR count). The van der Waals surface area contributed by atoms with Crippen molar-refractivity contribution in [2.75, 3.05) is 25.4 Å². The lowest BCUT2D eigenvalue weighted by Gasteiger charge is -2.41. The molecule has 0 aromatic rings. The summed E-state index contributed by atoms with van der Waals surface area (Å²) in [6.07, 6.45) is 15.3. The van der Waals surface area contributed by atoms with Gasteiger partial charge in [-0.1, -0.05) is 223 Å². The molecule has 10 aliphatic rings. The summed E-state index contributed by atoms with van der Waals surface area (Å²) in [4.78, 5) is 204. The number of nitrogens with zero attached hydrogens (tertiary/aromatic N) is 3. The Bertz CT molecular complexity index is 3960. The molecule has 10 fully saturated rings. The highest BCUT2D eigenvalue weighted by atomic mass is 32.2. The van der Waals surface area contributed by atoms with Gasteiger partial charge >= 0.3 is 6.03 Å². The molecule has 7 N–H and O–H groups in total. The van der Waals surface area contributed by atoms with Crippen LogP contribution in [0, 0.1) is 120 Å². The van der Waals surface area contributed by atoms with Crippen molar-refractivity contribution in [1.29, 1.82) is 0 Å². The molecule has 0 bridgehead atoms. The van der Waals surface area contributed by atoms with Gasteiger partial charge in [-0.3, -0.25) is 67.1 Å². The predicted molar refractivity (Wildman–Crippen MR) is 474 cm³/mol. The minimum atomic E-state index is -3.55. The van der Waals surface area contributed by atoms with Gasteiger partial charge in [0.2, 0.25) is 35.1 Å². The lowest BCUT2D eigenvalue weighted by Crippen LogP contribution is -2.63. The number of nitrogens with two attached hydrogens (primary N) is 2. The summed E-state index contributed by atoms with van der Waals surface area (Å²) in [5, 5.41) is 8.70. The van der Waals surface area contributed by atoms with Crippen LogP contribution in [0.1, 0.15) is 334 Å². The van der Waals surface area contributed by atoms with Crippen LogP contribution < -0.4 is 27.4 Å². The summed E-state index contributed by atoms with van der Waals surface area (Å²) >= 11 is 0. The summed E-state index contributed by atoms with van der Waals surface area (Å²) in [6, 6.07) is -3.57. The molecule has 0 aromatic carbocycles. The van der Waals surface area contributed by atoms with E-state index >= 15 is 0 Å². The Hall–Kier alpha value is -6.60. The van der Waals surface area contributed by atoms with E-state index in [-0.39, 0.29) is 153 Å². The number of piperidine rings is 3. The van der Waals surface area contributed by atoms with Crippen molar-refractivity contribution < 1.29 is 80.3 Å². The van der Waals surface area contributed by atoms with Crippen LogP contribution in [-0.2, 0) is 77.0 Å². The number of sulfone groups is 1. The van der Waals surface area contributed by atoms with Gasteiger partial charge in [-0.2, -0.15) is 0 Å². The first kappa shape index (κ1) is 102. The van der Waals surface area contributed by atoms with E-state index < -0.39 is 131 Å². The monoisotopic (exact) mass is 1740 g/mol. The molecule has 25 nitrogen and oxygen atoms in total. The molecule has 0 aromatic heterocycles. The molecule has 26 heteroatoms. The van der Waals surface area contributed by atoms with Crippen molar-refractivity contribution in [3.63, 3.8) is 0 Å². The van der Waals surface area contributed by atoms with Gasteiger partial charge in [-0.15, -0.1) is 0 Å². The van der Waals surface area contributed by atoms with Crippen molar-refractivity contribution >= 4 is 97.6 Å². The quantitative estimate of drug-likeness (QED) is 0.0364. The summed E-state index contributed by atoms with van der Waals surface area (Å²) in [6.45, 7) is 50.5. The van der Waals surface area contributed by atoms with Crippen molar-refractivity contribution in [2.24, 2.45) is 132 Å².